The number of imidazole rings is 1. The topological polar surface area (TPSA) is 165 Å². The summed E-state index contributed by atoms with van der Waals surface area (Å²) in [6.45, 7) is 2.54. The molecule has 2 amide bonds. The van der Waals surface area contributed by atoms with E-state index in [0.29, 0.717) is 18.4 Å². The van der Waals surface area contributed by atoms with Gasteiger partial charge >= 0.3 is 0 Å². The van der Waals surface area contributed by atoms with Crippen molar-refractivity contribution in [3.8, 4) is 6.07 Å². The molecule has 170 valence electrons. The number of sulfone groups is 1. The molecule has 3 rings (SSSR count). The Morgan fingerprint density at radius 1 is 1.22 bits per heavy atom. The number of aromatic amines is 1. The van der Waals surface area contributed by atoms with Gasteiger partial charge in [-0.25, -0.2) is 13.4 Å². The second kappa shape index (κ2) is 8.72. The van der Waals surface area contributed by atoms with Crippen LogP contribution in [0.4, 0.5) is 0 Å². The van der Waals surface area contributed by atoms with Crippen LogP contribution in [0.5, 0.6) is 0 Å². The molecule has 0 radical (unpaired) electrons. The summed E-state index contributed by atoms with van der Waals surface area (Å²) in [5.41, 5.74) is 1.34. The van der Waals surface area contributed by atoms with E-state index in [1.165, 1.54) is 20.0 Å². The van der Waals surface area contributed by atoms with Crippen molar-refractivity contribution >= 4 is 21.7 Å². The number of aromatic nitrogens is 2. The van der Waals surface area contributed by atoms with Crippen molar-refractivity contribution in [2.75, 3.05) is 13.2 Å². The van der Waals surface area contributed by atoms with Crippen LogP contribution in [0.2, 0.25) is 0 Å². The monoisotopic (exact) mass is 459 g/mol. The fourth-order valence-corrected chi connectivity index (χ4v) is 5.45. The van der Waals surface area contributed by atoms with Crippen LogP contribution < -0.4 is 10.6 Å². The fourth-order valence-electron chi connectivity index (χ4n) is 3.20. The number of aliphatic hydroxyl groups excluding tert-OH is 1. The summed E-state index contributed by atoms with van der Waals surface area (Å²) < 4.78 is 23.3. The highest BCUT2D eigenvalue weighted by atomic mass is 32.2. The minimum atomic E-state index is -3.67. The first-order valence-corrected chi connectivity index (χ1v) is 11.5. The minimum Gasteiger partial charge on any atom is -0.395 e. The molecule has 1 aromatic heterocycles. The Hall–Kier alpha value is -3.23. The Kier molecular flexibility index (Phi) is 6.39. The Balaban J connectivity index is 1.57. The number of nitriles is 1. The molecule has 4 N–H and O–H groups in total. The number of rotatable bonds is 9. The predicted molar refractivity (Wildman–Crippen MR) is 115 cm³/mol. The van der Waals surface area contributed by atoms with Gasteiger partial charge in [0.05, 0.1) is 33.9 Å². The second-order valence-electron chi connectivity index (χ2n) is 8.42. The number of amides is 2. The number of nitrogens with one attached hydrogen (secondary N) is 3. The molecular weight excluding hydrogens is 434 g/mol. The molecular formula is C21H25N5O5S. The molecule has 0 unspecified atom stereocenters. The molecule has 11 heteroatoms. The van der Waals surface area contributed by atoms with Gasteiger partial charge in [0.15, 0.2) is 15.7 Å². The minimum absolute atomic E-state index is 0.0307. The molecule has 1 heterocycles. The molecule has 0 saturated heterocycles. The number of H-pyrrole nitrogens is 1. The van der Waals surface area contributed by atoms with Crippen molar-refractivity contribution in [1.82, 2.24) is 20.6 Å². The van der Waals surface area contributed by atoms with Crippen LogP contribution in [0.1, 0.15) is 58.9 Å². The summed E-state index contributed by atoms with van der Waals surface area (Å²) in [7, 11) is -3.67. The van der Waals surface area contributed by atoms with Crippen molar-refractivity contribution < 1.29 is 23.1 Å². The lowest BCUT2D eigenvalue weighted by molar-refractivity contribution is 0.0941. The van der Waals surface area contributed by atoms with Gasteiger partial charge in [-0.15, -0.1) is 0 Å². The SMILES string of the molecule is CC(C)(CO)S(=O)(=O)C1(CNC(=O)c2cnc(C(=O)NCc3ccc(C#N)cc3)[nH]2)CC1. The van der Waals surface area contributed by atoms with E-state index in [9.17, 15) is 23.1 Å². The third-order valence-corrected chi connectivity index (χ3v) is 8.91. The van der Waals surface area contributed by atoms with Gasteiger partial charge in [0, 0.05) is 13.1 Å². The summed E-state index contributed by atoms with van der Waals surface area (Å²) in [6.07, 6.45) is 2.02. The lowest BCUT2D eigenvalue weighted by atomic mass is 10.1. The van der Waals surface area contributed by atoms with Crippen LogP contribution in [0.15, 0.2) is 30.5 Å². The van der Waals surface area contributed by atoms with Crippen LogP contribution in [0, 0.1) is 11.3 Å². The maximum atomic E-state index is 12.8. The van der Waals surface area contributed by atoms with Crippen molar-refractivity contribution in [2.45, 2.75) is 42.7 Å². The highest BCUT2D eigenvalue weighted by Gasteiger charge is 2.59. The Morgan fingerprint density at radius 2 is 1.88 bits per heavy atom. The van der Waals surface area contributed by atoms with Gasteiger partial charge in [-0.2, -0.15) is 5.26 Å². The average molecular weight is 460 g/mol. The van der Waals surface area contributed by atoms with Gasteiger partial charge in [0.2, 0.25) is 0 Å². The molecule has 0 spiro atoms. The van der Waals surface area contributed by atoms with E-state index >= 15 is 0 Å². The molecule has 2 aromatic rings. The Labute approximate surface area is 186 Å². The van der Waals surface area contributed by atoms with Gasteiger partial charge < -0.3 is 20.7 Å². The second-order valence-corrected chi connectivity index (χ2v) is 11.4. The highest BCUT2D eigenvalue weighted by molar-refractivity contribution is 7.94. The molecule has 0 bridgehead atoms. The van der Waals surface area contributed by atoms with Crippen molar-refractivity contribution in [3.05, 3.63) is 53.1 Å². The maximum absolute atomic E-state index is 12.8. The first-order valence-electron chi connectivity index (χ1n) is 10.0. The Morgan fingerprint density at radius 3 is 2.44 bits per heavy atom. The standard InChI is InChI=1S/C21H25N5O5S/c1-20(2,13-27)32(30,31)21(7-8-21)12-25-18(28)16-11-23-17(26-16)19(29)24-10-15-5-3-14(9-22)4-6-15/h3-6,11,27H,7-8,10,12-13H2,1-2H3,(H,23,26)(H,24,29)(H,25,28). The molecule has 10 nitrogen and oxygen atoms in total. The molecule has 32 heavy (non-hydrogen) atoms. The van der Waals surface area contributed by atoms with Gasteiger partial charge in [-0.3, -0.25) is 9.59 Å². The quantitative estimate of drug-likeness (QED) is 0.427. The van der Waals surface area contributed by atoms with Crippen molar-refractivity contribution in [1.29, 1.82) is 5.26 Å². The van der Waals surface area contributed by atoms with Crippen LogP contribution in [-0.2, 0) is 16.4 Å². The van der Waals surface area contributed by atoms with E-state index in [1.54, 1.807) is 24.3 Å². The summed E-state index contributed by atoms with van der Waals surface area (Å²) in [5, 5.41) is 23.5. The lowest BCUT2D eigenvalue weighted by Crippen LogP contribution is -2.48. The van der Waals surface area contributed by atoms with E-state index < -0.39 is 37.8 Å². The summed E-state index contributed by atoms with van der Waals surface area (Å²) in [4.78, 5) is 31.3. The largest absolute Gasteiger partial charge is 0.395 e. The number of benzene rings is 1. The van der Waals surface area contributed by atoms with Gasteiger partial charge in [0.25, 0.3) is 11.8 Å². The zero-order valence-electron chi connectivity index (χ0n) is 17.8. The molecule has 0 atom stereocenters. The van der Waals surface area contributed by atoms with E-state index in [-0.39, 0.29) is 24.6 Å². The molecule has 1 saturated carbocycles. The third kappa shape index (κ3) is 4.51. The number of carbonyl (C=O) groups excluding carboxylic acids is 2. The lowest BCUT2D eigenvalue weighted by Gasteiger charge is -2.28. The highest BCUT2D eigenvalue weighted by Crippen LogP contribution is 2.47. The van der Waals surface area contributed by atoms with Gasteiger partial charge in [0.1, 0.15) is 5.69 Å². The summed E-state index contributed by atoms with van der Waals surface area (Å²) in [5.74, 6) is -1.15. The Bertz CT molecular complexity index is 1160. The third-order valence-electron chi connectivity index (χ3n) is 5.63. The van der Waals surface area contributed by atoms with Crippen LogP contribution in [0.3, 0.4) is 0 Å². The molecule has 0 aliphatic heterocycles. The first-order chi connectivity index (χ1) is 15.0. The van der Waals surface area contributed by atoms with Crippen molar-refractivity contribution in [2.24, 2.45) is 0 Å². The number of hydrogen-bond donors (Lipinski definition) is 4. The number of hydrogen-bond acceptors (Lipinski definition) is 7. The van der Waals surface area contributed by atoms with E-state index in [4.69, 9.17) is 5.26 Å². The number of carbonyl (C=O) groups is 2. The van der Waals surface area contributed by atoms with Gasteiger partial charge in [-0.1, -0.05) is 12.1 Å². The maximum Gasteiger partial charge on any atom is 0.287 e. The molecule has 1 fully saturated rings. The van der Waals surface area contributed by atoms with Gasteiger partial charge in [-0.05, 0) is 44.4 Å². The summed E-state index contributed by atoms with van der Waals surface area (Å²) >= 11 is 0. The van der Waals surface area contributed by atoms with Crippen LogP contribution in [0.25, 0.3) is 0 Å². The number of nitrogens with zero attached hydrogens (tertiary/aromatic N) is 2. The molecule has 1 aromatic carbocycles. The van der Waals surface area contributed by atoms with E-state index in [2.05, 4.69) is 20.6 Å². The fraction of sp³-hybridized carbons (Fsp3) is 0.429. The normalized spacial score (nSPS) is 14.9. The van der Waals surface area contributed by atoms with Crippen molar-refractivity contribution in [3.63, 3.8) is 0 Å². The molecule has 1 aliphatic carbocycles. The predicted octanol–water partition coefficient (Wildman–Crippen LogP) is 0.659. The zero-order chi connectivity index (χ0) is 23.6. The smallest absolute Gasteiger partial charge is 0.287 e. The molecule has 1 aliphatic rings. The first kappa shape index (κ1) is 23.4. The number of aliphatic hydroxyl groups is 1. The van der Waals surface area contributed by atoms with Crippen LogP contribution in [-0.4, -0.2) is 58.0 Å². The average Bonchev–Trinajstić information content (AvgIpc) is 3.43. The van der Waals surface area contributed by atoms with Crippen LogP contribution >= 0.6 is 0 Å². The van der Waals surface area contributed by atoms with E-state index in [1.807, 2.05) is 6.07 Å². The van der Waals surface area contributed by atoms with E-state index in [0.717, 1.165) is 5.56 Å². The summed E-state index contributed by atoms with van der Waals surface area (Å²) in [6, 6.07) is 8.75. The zero-order valence-corrected chi connectivity index (χ0v) is 18.6.